The van der Waals surface area contributed by atoms with E-state index in [0.717, 1.165) is 5.56 Å². The predicted octanol–water partition coefficient (Wildman–Crippen LogP) is 3.08. The van der Waals surface area contributed by atoms with Gasteiger partial charge in [0, 0.05) is 26.6 Å². The van der Waals surface area contributed by atoms with Gasteiger partial charge in [-0.05, 0) is 35.3 Å². The molecule has 6 amide bonds. The number of Topliss-reactive ketones (excluding diaryl/α,β-unsaturated/α-hetero) is 1. The summed E-state index contributed by atoms with van der Waals surface area (Å²) in [5, 5.41) is 10.4. The highest BCUT2D eigenvalue weighted by Gasteiger charge is 2.47. The Morgan fingerprint density at radius 3 is 2.02 bits per heavy atom. The van der Waals surface area contributed by atoms with E-state index in [2.05, 4.69) is 21.3 Å². The van der Waals surface area contributed by atoms with E-state index in [1.807, 2.05) is 65.0 Å². The number of alkyl carbamates (subject to hydrolysis) is 1. The van der Waals surface area contributed by atoms with E-state index in [-0.39, 0.29) is 37.8 Å². The zero-order valence-corrected chi connectivity index (χ0v) is 32.6. The highest BCUT2D eigenvalue weighted by Crippen LogP contribution is 2.36. The first kappa shape index (κ1) is 43.1. The molecule has 1 heterocycles. The second-order valence-electron chi connectivity index (χ2n) is 15.2. The molecule has 2 aromatic carbocycles. The summed E-state index contributed by atoms with van der Waals surface area (Å²) in [7, 11) is 3.11. The second kappa shape index (κ2) is 19.7. The number of likely N-dealkylation sites (tertiary alicyclic amines) is 1. The summed E-state index contributed by atoms with van der Waals surface area (Å²) in [5.74, 6) is -4.63. The summed E-state index contributed by atoms with van der Waals surface area (Å²) in [6.07, 6.45) is 0.0758. The van der Waals surface area contributed by atoms with Crippen molar-refractivity contribution in [1.29, 1.82) is 0 Å². The second-order valence-corrected chi connectivity index (χ2v) is 15.2. The number of rotatable bonds is 17. The summed E-state index contributed by atoms with van der Waals surface area (Å²) in [6.45, 7) is 11.0. The van der Waals surface area contributed by atoms with Gasteiger partial charge in [0.2, 0.25) is 29.4 Å². The minimum absolute atomic E-state index is 0.0765. The van der Waals surface area contributed by atoms with Crippen molar-refractivity contribution in [3.05, 3.63) is 71.8 Å². The summed E-state index contributed by atoms with van der Waals surface area (Å²) in [5.41, 5.74) is 0.854. The molecule has 0 spiro atoms. The Kier molecular flexibility index (Phi) is 15.7. The molecule has 0 saturated carbocycles. The minimum atomic E-state index is -1.23. The van der Waals surface area contributed by atoms with Crippen molar-refractivity contribution in [3.8, 4) is 0 Å². The van der Waals surface area contributed by atoms with Crippen LogP contribution in [-0.4, -0.2) is 103 Å². The van der Waals surface area contributed by atoms with Crippen LogP contribution in [0.15, 0.2) is 60.7 Å². The zero-order valence-electron chi connectivity index (χ0n) is 32.6. The number of ether oxygens (including phenoxy) is 1. The SMILES string of the molecule is CCCC(NC(=O)C1CC(C)(C)CN1C(=O)C(NC(=O)OCC(C)C)[C@H](C)c1ccccc1)C(=O)C(=O)NCC(=O)N[C@H](C(=O)N(C)C)c1ccccc1. The Labute approximate surface area is 318 Å². The normalized spacial score (nSPS) is 17.0. The Hall–Kier alpha value is -5.27. The number of hydrogen-bond donors (Lipinski definition) is 4. The molecule has 3 rings (SSSR count). The van der Waals surface area contributed by atoms with Crippen molar-refractivity contribution >= 4 is 41.4 Å². The molecule has 5 atom stereocenters. The minimum Gasteiger partial charge on any atom is -0.449 e. The number of likely N-dealkylation sites (N-methyl/N-ethyl adjacent to an activating group) is 1. The van der Waals surface area contributed by atoms with Gasteiger partial charge in [-0.25, -0.2) is 4.79 Å². The van der Waals surface area contributed by atoms with Gasteiger partial charge in [0.15, 0.2) is 0 Å². The molecular weight excluding hydrogens is 692 g/mol. The van der Waals surface area contributed by atoms with Gasteiger partial charge in [-0.1, -0.05) is 109 Å². The van der Waals surface area contributed by atoms with Crippen LogP contribution in [-0.2, 0) is 33.5 Å². The van der Waals surface area contributed by atoms with Crippen LogP contribution in [0.1, 0.15) is 83.9 Å². The fourth-order valence-corrected chi connectivity index (χ4v) is 6.31. The number of amides is 6. The number of carbonyl (C=O) groups excluding carboxylic acids is 7. The molecule has 4 N–H and O–H groups in total. The maximum atomic E-state index is 14.4. The molecule has 2 aromatic rings. The number of carbonyl (C=O) groups is 7. The van der Waals surface area contributed by atoms with Crippen LogP contribution < -0.4 is 21.3 Å². The highest BCUT2D eigenvalue weighted by atomic mass is 16.5. The molecule has 0 aromatic heterocycles. The maximum absolute atomic E-state index is 14.4. The molecule has 1 aliphatic heterocycles. The van der Waals surface area contributed by atoms with Crippen LogP contribution >= 0.6 is 0 Å². The van der Waals surface area contributed by atoms with Crippen molar-refractivity contribution in [3.63, 3.8) is 0 Å². The van der Waals surface area contributed by atoms with E-state index in [1.54, 1.807) is 51.4 Å². The summed E-state index contributed by atoms with van der Waals surface area (Å²) in [6, 6.07) is 13.5. The first-order valence-electron chi connectivity index (χ1n) is 18.4. The monoisotopic (exact) mass is 748 g/mol. The fraction of sp³-hybridized carbons (Fsp3) is 0.525. The largest absolute Gasteiger partial charge is 0.449 e. The van der Waals surface area contributed by atoms with Crippen LogP contribution in [0.2, 0.25) is 0 Å². The van der Waals surface area contributed by atoms with E-state index in [4.69, 9.17) is 4.74 Å². The Morgan fingerprint density at radius 2 is 1.46 bits per heavy atom. The summed E-state index contributed by atoms with van der Waals surface area (Å²) >= 11 is 0. The predicted molar refractivity (Wildman–Crippen MR) is 203 cm³/mol. The zero-order chi connectivity index (χ0) is 40.2. The van der Waals surface area contributed by atoms with Crippen LogP contribution in [0.25, 0.3) is 0 Å². The van der Waals surface area contributed by atoms with Gasteiger partial charge in [-0.2, -0.15) is 0 Å². The van der Waals surface area contributed by atoms with Crippen LogP contribution in [0.4, 0.5) is 4.79 Å². The first-order chi connectivity index (χ1) is 25.4. The van der Waals surface area contributed by atoms with Crippen LogP contribution in [0, 0.1) is 11.3 Å². The molecule has 1 saturated heterocycles. The quantitative estimate of drug-likeness (QED) is 0.178. The molecule has 14 heteroatoms. The molecule has 3 unspecified atom stereocenters. The molecule has 14 nitrogen and oxygen atoms in total. The van der Waals surface area contributed by atoms with Gasteiger partial charge in [-0.15, -0.1) is 0 Å². The Morgan fingerprint density at radius 1 is 0.870 bits per heavy atom. The molecule has 0 aliphatic carbocycles. The molecule has 0 bridgehead atoms. The Balaban J connectivity index is 1.75. The van der Waals surface area contributed by atoms with Crippen molar-refractivity contribution in [1.82, 2.24) is 31.1 Å². The lowest BCUT2D eigenvalue weighted by atomic mass is 9.90. The highest BCUT2D eigenvalue weighted by molar-refractivity contribution is 6.38. The van der Waals surface area contributed by atoms with Crippen molar-refractivity contribution < 1.29 is 38.3 Å². The number of ketones is 1. The summed E-state index contributed by atoms with van der Waals surface area (Å²) in [4.78, 5) is 96.1. The lowest BCUT2D eigenvalue weighted by molar-refractivity contribution is -0.143. The molecule has 1 aliphatic rings. The van der Waals surface area contributed by atoms with E-state index in [9.17, 15) is 33.6 Å². The number of hydrogen-bond acceptors (Lipinski definition) is 8. The summed E-state index contributed by atoms with van der Waals surface area (Å²) < 4.78 is 5.35. The molecule has 54 heavy (non-hydrogen) atoms. The average molecular weight is 749 g/mol. The third-order valence-electron chi connectivity index (χ3n) is 9.19. The number of nitrogens with one attached hydrogen (secondary N) is 4. The van der Waals surface area contributed by atoms with Gasteiger partial charge in [0.05, 0.1) is 19.2 Å². The van der Waals surface area contributed by atoms with E-state index in [1.165, 1.54) is 9.80 Å². The van der Waals surface area contributed by atoms with Crippen molar-refractivity contribution in [2.45, 2.75) is 90.9 Å². The smallest absolute Gasteiger partial charge is 0.407 e. The van der Waals surface area contributed by atoms with Gasteiger partial charge in [-0.3, -0.25) is 28.8 Å². The average Bonchev–Trinajstić information content (AvgIpc) is 3.48. The van der Waals surface area contributed by atoms with Gasteiger partial charge in [0.25, 0.3) is 5.91 Å². The Bertz CT molecular complexity index is 1630. The molecule has 1 fully saturated rings. The topological polar surface area (TPSA) is 183 Å². The van der Waals surface area contributed by atoms with Gasteiger partial charge >= 0.3 is 6.09 Å². The standard InChI is InChI=1S/C40H56N6O8/c1-9-16-29(34(48)36(50)41-22-31(47)43-33(37(51)45(7)8)28-19-14-11-15-20-28)42-35(49)30-21-40(5,6)24-46(30)38(52)32(44-39(53)54-23-25(2)3)26(4)27-17-12-10-13-18-27/h10-15,17-20,25-26,29-30,32-33H,9,16,21-24H2,1-8H3,(H,41,50)(H,42,49)(H,43,47)(H,44,53)/t26-,29?,30?,32?,33+/m1/s1. The lowest BCUT2D eigenvalue weighted by Gasteiger charge is -2.32. The third kappa shape index (κ3) is 12.1. The first-order valence-corrected chi connectivity index (χ1v) is 18.4. The maximum Gasteiger partial charge on any atom is 0.407 e. The number of nitrogens with zero attached hydrogens (tertiary/aromatic N) is 2. The third-order valence-corrected chi connectivity index (χ3v) is 9.19. The molecule has 0 radical (unpaired) electrons. The lowest BCUT2D eigenvalue weighted by Crippen LogP contribution is -2.57. The van der Waals surface area contributed by atoms with E-state index >= 15 is 0 Å². The number of benzene rings is 2. The van der Waals surface area contributed by atoms with Crippen molar-refractivity contribution in [2.24, 2.45) is 11.3 Å². The van der Waals surface area contributed by atoms with E-state index in [0.29, 0.717) is 12.0 Å². The molecular formula is C40H56N6O8. The van der Waals surface area contributed by atoms with Gasteiger partial charge in [0.1, 0.15) is 18.1 Å². The van der Waals surface area contributed by atoms with Crippen molar-refractivity contribution in [2.75, 3.05) is 33.8 Å². The van der Waals surface area contributed by atoms with Crippen LogP contribution in [0.5, 0.6) is 0 Å². The fourth-order valence-electron chi connectivity index (χ4n) is 6.31. The van der Waals surface area contributed by atoms with Crippen LogP contribution in [0.3, 0.4) is 0 Å². The molecule has 294 valence electrons. The van der Waals surface area contributed by atoms with Gasteiger partial charge < -0.3 is 35.8 Å². The van der Waals surface area contributed by atoms with E-state index < -0.39 is 77.6 Å².